The van der Waals surface area contributed by atoms with Gasteiger partial charge in [0.2, 0.25) is 11.7 Å². The zero-order valence-corrected chi connectivity index (χ0v) is 13.6. The molecule has 0 bridgehead atoms. The first kappa shape index (κ1) is 16.3. The molecule has 0 radical (unpaired) electrons. The van der Waals surface area contributed by atoms with E-state index in [4.69, 9.17) is 9.15 Å². The average Bonchev–Trinajstić information content (AvgIpc) is 3.08. The summed E-state index contributed by atoms with van der Waals surface area (Å²) in [6.45, 7) is 0.260. The highest BCUT2D eigenvalue weighted by molar-refractivity contribution is 6.06. The molecule has 0 aliphatic carbocycles. The van der Waals surface area contributed by atoms with Crippen molar-refractivity contribution in [3.05, 3.63) is 77.5 Å². The van der Waals surface area contributed by atoms with Crippen molar-refractivity contribution in [3.63, 3.8) is 0 Å². The summed E-state index contributed by atoms with van der Waals surface area (Å²) >= 11 is 0. The van der Waals surface area contributed by atoms with Crippen LogP contribution in [0.15, 0.2) is 52.9 Å². The summed E-state index contributed by atoms with van der Waals surface area (Å²) in [6.07, 6.45) is 0.381. The van der Waals surface area contributed by atoms with Crippen LogP contribution in [0.3, 0.4) is 0 Å². The molecule has 26 heavy (non-hydrogen) atoms. The van der Waals surface area contributed by atoms with Gasteiger partial charge in [0.05, 0.1) is 11.4 Å². The summed E-state index contributed by atoms with van der Waals surface area (Å²) in [6, 6.07) is 12.9. The predicted molar refractivity (Wildman–Crippen MR) is 89.0 cm³/mol. The van der Waals surface area contributed by atoms with Crippen LogP contribution >= 0.6 is 0 Å². The fourth-order valence-corrected chi connectivity index (χ4v) is 2.83. The van der Waals surface area contributed by atoms with Crippen LogP contribution in [0, 0.1) is 11.6 Å². The van der Waals surface area contributed by atoms with Gasteiger partial charge in [-0.05, 0) is 24.3 Å². The van der Waals surface area contributed by atoms with Crippen LogP contribution in [-0.4, -0.2) is 17.4 Å². The Balaban J connectivity index is 1.55. The Labute approximate surface area is 147 Å². The summed E-state index contributed by atoms with van der Waals surface area (Å²) < 4.78 is 38.6. The molecule has 0 atom stereocenters. The molecule has 4 rings (SSSR count). The second kappa shape index (κ2) is 6.59. The number of nitrogens with zero attached hydrogens (tertiary/aromatic N) is 2. The number of hydrogen-bond donors (Lipinski definition) is 0. The maximum atomic E-state index is 14.0. The minimum absolute atomic E-state index is 0.0339. The van der Waals surface area contributed by atoms with Gasteiger partial charge in [-0.3, -0.25) is 4.79 Å². The lowest BCUT2D eigenvalue weighted by Crippen LogP contribution is -2.37. The number of carbonyl (C=O) groups is 1. The Morgan fingerprint density at radius 1 is 1.12 bits per heavy atom. The molecule has 2 heterocycles. The zero-order chi connectivity index (χ0) is 18.1. The van der Waals surface area contributed by atoms with E-state index in [1.807, 2.05) is 18.2 Å². The number of amides is 1. The average molecular weight is 356 g/mol. The number of benzene rings is 2. The van der Waals surface area contributed by atoms with E-state index in [1.54, 1.807) is 12.1 Å². The fraction of sp³-hybridized carbons (Fsp3) is 0.158. The third kappa shape index (κ3) is 2.92. The van der Waals surface area contributed by atoms with E-state index in [9.17, 15) is 13.6 Å². The molecular weight excluding hydrogens is 342 g/mol. The van der Waals surface area contributed by atoms with Crippen molar-refractivity contribution in [2.24, 2.45) is 0 Å². The highest BCUT2D eigenvalue weighted by Crippen LogP contribution is 2.28. The van der Waals surface area contributed by atoms with E-state index >= 15 is 0 Å². The van der Waals surface area contributed by atoms with Gasteiger partial charge in [0.1, 0.15) is 5.75 Å². The summed E-state index contributed by atoms with van der Waals surface area (Å²) in [4.78, 5) is 18.1. The Morgan fingerprint density at radius 2 is 1.92 bits per heavy atom. The Morgan fingerprint density at radius 3 is 2.73 bits per heavy atom. The Hall–Kier alpha value is -3.22. The topological polar surface area (TPSA) is 55.6 Å². The van der Waals surface area contributed by atoms with Crippen molar-refractivity contribution < 1.29 is 22.7 Å². The van der Waals surface area contributed by atoms with Gasteiger partial charge in [-0.1, -0.05) is 24.3 Å². The molecule has 132 valence electrons. The van der Waals surface area contributed by atoms with Gasteiger partial charge in [0, 0.05) is 13.0 Å². The first-order valence-electron chi connectivity index (χ1n) is 8.06. The first-order valence-corrected chi connectivity index (χ1v) is 8.06. The highest BCUT2D eigenvalue weighted by Gasteiger charge is 2.33. The Kier molecular flexibility index (Phi) is 4.12. The molecule has 0 spiro atoms. The smallest absolute Gasteiger partial charge is 0.296 e. The van der Waals surface area contributed by atoms with Gasteiger partial charge < -0.3 is 14.1 Å². The van der Waals surface area contributed by atoms with Gasteiger partial charge in [-0.25, -0.2) is 13.8 Å². The third-order valence-corrected chi connectivity index (χ3v) is 4.08. The number of aromatic nitrogens is 1. The standard InChI is InChI=1S/C19H14F2N2O3/c20-13-7-4-8-15(17(13)21)23-10-9-14-18(19(23)24)26-16(22-14)11-25-12-5-2-1-3-6-12/h1-8H,9-11H2. The van der Waals surface area contributed by atoms with Gasteiger partial charge in [0.15, 0.2) is 18.2 Å². The molecule has 1 aliphatic rings. The normalized spacial score (nSPS) is 13.6. The molecule has 0 N–H and O–H groups in total. The van der Waals surface area contributed by atoms with E-state index in [1.165, 1.54) is 12.1 Å². The zero-order valence-electron chi connectivity index (χ0n) is 13.6. The summed E-state index contributed by atoms with van der Waals surface area (Å²) in [5, 5.41) is 0. The monoisotopic (exact) mass is 356 g/mol. The fourth-order valence-electron chi connectivity index (χ4n) is 2.83. The molecule has 0 unspecified atom stereocenters. The molecule has 3 aromatic rings. The van der Waals surface area contributed by atoms with Crippen molar-refractivity contribution in [2.75, 3.05) is 11.4 Å². The summed E-state index contributed by atoms with van der Waals surface area (Å²) in [7, 11) is 0. The number of ether oxygens (including phenoxy) is 1. The van der Waals surface area contributed by atoms with Gasteiger partial charge in [0.25, 0.3) is 5.91 Å². The van der Waals surface area contributed by atoms with E-state index in [0.717, 1.165) is 11.0 Å². The van der Waals surface area contributed by atoms with Crippen molar-refractivity contribution in [3.8, 4) is 5.75 Å². The van der Waals surface area contributed by atoms with Crippen LogP contribution in [0.1, 0.15) is 22.1 Å². The molecule has 1 aliphatic heterocycles. The van der Waals surface area contributed by atoms with E-state index in [0.29, 0.717) is 17.9 Å². The van der Waals surface area contributed by atoms with Crippen LogP contribution in [-0.2, 0) is 13.0 Å². The van der Waals surface area contributed by atoms with Gasteiger partial charge in [-0.2, -0.15) is 0 Å². The molecule has 5 nitrogen and oxygen atoms in total. The van der Waals surface area contributed by atoms with Crippen molar-refractivity contribution >= 4 is 11.6 Å². The van der Waals surface area contributed by atoms with Crippen molar-refractivity contribution in [1.82, 2.24) is 4.98 Å². The van der Waals surface area contributed by atoms with Crippen molar-refractivity contribution in [2.45, 2.75) is 13.0 Å². The molecule has 0 saturated carbocycles. The lowest BCUT2D eigenvalue weighted by molar-refractivity contribution is 0.0947. The van der Waals surface area contributed by atoms with Crippen molar-refractivity contribution in [1.29, 1.82) is 0 Å². The van der Waals surface area contributed by atoms with Crippen LogP contribution in [0.25, 0.3) is 0 Å². The molecule has 0 fully saturated rings. The predicted octanol–water partition coefficient (Wildman–Crippen LogP) is 3.73. The van der Waals surface area contributed by atoms with E-state index < -0.39 is 17.5 Å². The second-order valence-electron chi connectivity index (χ2n) is 5.76. The largest absolute Gasteiger partial charge is 0.484 e. The summed E-state index contributed by atoms with van der Waals surface area (Å²) in [5.74, 6) is -1.67. The molecule has 2 aromatic carbocycles. The van der Waals surface area contributed by atoms with E-state index in [-0.39, 0.29) is 30.5 Å². The van der Waals surface area contributed by atoms with Gasteiger partial charge >= 0.3 is 0 Å². The number of halogens is 2. The van der Waals surface area contributed by atoms with Crippen LogP contribution in [0.2, 0.25) is 0 Å². The highest BCUT2D eigenvalue weighted by atomic mass is 19.2. The summed E-state index contributed by atoms with van der Waals surface area (Å²) in [5.41, 5.74) is 0.383. The second-order valence-corrected chi connectivity index (χ2v) is 5.76. The number of oxazole rings is 1. The lowest BCUT2D eigenvalue weighted by atomic mass is 10.1. The Bertz CT molecular complexity index is 957. The third-order valence-electron chi connectivity index (χ3n) is 4.08. The number of carbonyl (C=O) groups excluding carboxylic acids is 1. The molecule has 1 amide bonds. The number of fused-ring (bicyclic) bond motifs is 1. The van der Waals surface area contributed by atoms with E-state index in [2.05, 4.69) is 4.98 Å². The lowest BCUT2D eigenvalue weighted by Gasteiger charge is -2.25. The minimum Gasteiger partial charge on any atom is -0.484 e. The number of anilines is 1. The van der Waals surface area contributed by atoms with Crippen LogP contribution < -0.4 is 9.64 Å². The number of rotatable bonds is 4. The first-order chi connectivity index (χ1) is 12.6. The quantitative estimate of drug-likeness (QED) is 0.715. The van der Waals surface area contributed by atoms with Crippen LogP contribution in [0.5, 0.6) is 5.75 Å². The number of hydrogen-bond acceptors (Lipinski definition) is 4. The minimum atomic E-state index is -1.06. The molecular formula is C19H14F2N2O3. The van der Waals surface area contributed by atoms with Gasteiger partial charge in [-0.15, -0.1) is 0 Å². The maximum absolute atomic E-state index is 14.0. The SMILES string of the molecule is O=C1c2oc(COc3ccccc3)nc2CCN1c1cccc(F)c1F. The maximum Gasteiger partial charge on any atom is 0.296 e. The molecule has 7 heteroatoms. The molecule has 0 saturated heterocycles. The number of para-hydroxylation sites is 1. The molecule has 1 aromatic heterocycles. The van der Waals surface area contributed by atoms with Crippen LogP contribution in [0.4, 0.5) is 14.5 Å².